The lowest BCUT2D eigenvalue weighted by molar-refractivity contribution is 0.0891. The van der Waals surface area contributed by atoms with Crippen molar-refractivity contribution in [1.29, 1.82) is 5.26 Å². The van der Waals surface area contributed by atoms with Gasteiger partial charge in [0.2, 0.25) is 0 Å². The lowest BCUT2D eigenvalue weighted by Gasteiger charge is -2.21. The van der Waals surface area contributed by atoms with E-state index < -0.39 is 5.91 Å². The van der Waals surface area contributed by atoms with E-state index in [1.807, 2.05) is 13.0 Å². The molecule has 0 fully saturated rings. The zero-order chi connectivity index (χ0) is 15.7. The van der Waals surface area contributed by atoms with Gasteiger partial charge in [-0.05, 0) is 25.1 Å². The van der Waals surface area contributed by atoms with Crippen molar-refractivity contribution in [1.82, 2.24) is 15.1 Å². The van der Waals surface area contributed by atoms with Gasteiger partial charge in [0.05, 0.1) is 29.9 Å². The maximum atomic E-state index is 12.3. The molecule has 7 nitrogen and oxygen atoms in total. The molecule has 0 aliphatic carbocycles. The molecular weight excluding hydrogens is 282 g/mol. The number of amides is 2. The second-order valence-corrected chi connectivity index (χ2v) is 5.11. The SMILES string of the molecule is C[C@@H]1Cn2ncc(C(=O)Nc3cccc(C#N)c3)c2C(=O)N1. The Morgan fingerprint density at radius 2 is 2.36 bits per heavy atom. The van der Waals surface area contributed by atoms with Crippen molar-refractivity contribution >= 4 is 17.5 Å². The lowest BCUT2D eigenvalue weighted by atomic mass is 10.1. The second kappa shape index (κ2) is 5.33. The summed E-state index contributed by atoms with van der Waals surface area (Å²) >= 11 is 0. The summed E-state index contributed by atoms with van der Waals surface area (Å²) in [4.78, 5) is 24.4. The summed E-state index contributed by atoms with van der Waals surface area (Å²) in [6, 6.07) is 8.55. The molecule has 7 heteroatoms. The van der Waals surface area contributed by atoms with Crippen LogP contribution in [0.1, 0.15) is 33.3 Å². The Balaban J connectivity index is 1.88. The van der Waals surface area contributed by atoms with Crippen LogP contribution in [0.4, 0.5) is 5.69 Å². The predicted molar refractivity (Wildman–Crippen MR) is 78.3 cm³/mol. The summed E-state index contributed by atoms with van der Waals surface area (Å²) in [5.74, 6) is -0.742. The van der Waals surface area contributed by atoms with E-state index >= 15 is 0 Å². The number of aromatic nitrogens is 2. The molecule has 3 rings (SSSR count). The summed E-state index contributed by atoms with van der Waals surface area (Å²) in [6.45, 7) is 2.40. The van der Waals surface area contributed by atoms with Gasteiger partial charge in [0.25, 0.3) is 11.8 Å². The number of carbonyl (C=O) groups excluding carboxylic acids is 2. The molecule has 1 aliphatic rings. The molecule has 2 N–H and O–H groups in total. The molecule has 0 saturated carbocycles. The van der Waals surface area contributed by atoms with Crippen LogP contribution in [-0.2, 0) is 6.54 Å². The Labute approximate surface area is 126 Å². The normalized spacial score (nSPS) is 16.4. The summed E-state index contributed by atoms with van der Waals surface area (Å²) in [5.41, 5.74) is 1.41. The van der Waals surface area contributed by atoms with Crippen LogP contribution in [0.3, 0.4) is 0 Å². The number of fused-ring (bicyclic) bond motifs is 1. The van der Waals surface area contributed by atoms with E-state index in [1.165, 1.54) is 10.9 Å². The first-order chi connectivity index (χ1) is 10.6. The number of hydrogen-bond acceptors (Lipinski definition) is 4. The topological polar surface area (TPSA) is 99.8 Å². The van der Waals surface area contributed by atoms with Gasteiger partial charge in [0.15, 0.2) is 0 Å². The van der Waals surface area contributed by atoms with Crippen molar-refractivity contribution in [3.63, 3.8) is 0 Å². The Morgan fingerprint density at radius 3 is 3.14 bits per heavy atom. The van der Waals surface area contributed by atoms with Crippen molar-refractivity contribution in [2.24, 2.45) is 0 Å². The molecule has 2 amide bonds. The number of nitrogens with zero attached hydrogens (tertiary/aromatic N) is 3. The third kappa shape index (κ3) is 2.42. The zero-order valence-corrected chi connectivity index (χ0v) is 11.8. The van der Waals surface area contributed by atoms with Crippen molar-refractivity contribution in [3.05, 3.63) is 47.3 Å². The van der Waals surface area contributed by atoms with E-state index in [2.05, 4.69) is 15.7 Å². The van der Waals surface area contributed by atoms with E-state index in [-0.39, 0.29) is 23.2 Å². The molecule has 0 spiro atoms. The monoisotopic (exact) mass is 295 g/mol. The average molecular weight is 295 g/mol. The molecular formula is C15H13N5O2. The highest BCUT2D eigenvalue weighted by molar-refractivity contribution is 6.11. The molecule has 110 valence electrons. The number of anilines is 1. The fourth-order valence-corrected chi connectivity index (χ4v) is 2.39. The molecule has 1 aromatic heterocycles. The minimum Gasteiger partial charge on any atom is -0.346 e. The Morgan fingerprint density at radius 1 is 1.55 bits per heavy atom. The van der Waals surface area contributed by atoms with E-state index in [4.69, 9.17) is 5.26 Å². The van der Waals surface area contributed by atoms with E-state index in [1.54, 1.807) is 24.3 Å². The lowest BCUT2D eigenvalue weighted by Crippen LogP contribution is -2.43. The summed E-state index contributed by atoms with van der Waals surface area (Å²) in [5, 5.41) is 18.4. The van der Waals surface area contributed by atoms with Gasteiger partial charge in [-0.15, -0.1) is 0 Å². The fourth-order valence-electron chi connectivity index (χ4n) is 2.39. The fraction of sp³-hybridized carbons (Fsp3) is 0.200. The van der Waals surface area contributed by atoms with Crippen LogP contribution in [0.5, 0.6) is 0 Å². The third-order valence-electron chi connectivity index (χ3n) is 3.37. The van der Waals surface area contributed by atoms with Crippen LogP contribution in [0.25, 0.3) is 0 Å². The molecule has 0 radical (unpaired) electrons. The molecule has 0 unspecified atom stereocenters. The number of rotatable bonds is 2. The zero-order valence-electron chi connectivity index (χ0n) is 11.8. The van der Waals surface area contributed by atoms with Crippen LogP contribution >= 0.6 is 0 Å². The molecule has 1 aliphatic heterocycles. The van der Waals surface area contributed by atoms with Crippen LogP contribution in [0.15, 0.2) is 30.5 Å². The smallest absolute Gasteiger partial charge is 0.270 e. The highest BCUT2D eigenvalue weighted by Crippen LogP contribution is 2.17. The maximum Gasteiger partial charge on any atom is 0.270 e. The third-order valence-corrected chi connectivity index (χ3v) is 3.37. The predicted octanol–water partition coefficient (Wildman–Crippen LogP) is 1.14. The minimum absolute atomic E-state index is 0.0249. The average Bonchev–Trinajstić information content (AvgIpc) is 2.91. The Bertz CT molecular complexity index is 803. The largest absolute Gasteiger partial charge is 0.346 e. The molecule has 0 saturated heterocycles. The number of nitrogens with one attached hydrogen (secondary N) is 2. The van der Waals surface area contributed by atoms with Crippen LogP contribution in [-0.4, -0.2) is 27.6 Å². The van der Waals surface area contributed by atoms with Gasteiger partial charge in [0.1, 0.15) is 5.69 Å². The summed E-state index contributed by atoms with van der Waals surface area (Å²) < 4.78 is 1.53. The van der Waals surface area contributed by atoms with Gasteiger partial charge in [-0.3, -0.25) is 14.3 Å². The van der Waals surface area contributed by atoms with Crippen LogP contribution < -0.4 is 10.6 Å². The van der Waals surface area contributed by atoms with Crippen molar-refractivity contribution < 1.29 is 9.59 Å². The van der Waals surface area contributed by atoms with Crippen molar-refractivity contribution in [2.45, 2.75) is 19.5 Å². The summed E-state index contributed by atoms with van der Waals surface area (Å²) in [6.07, 6.45) is 1.39. The Kier molecular flexibility index (Phi) is 3.35. The van der Waals surface area contributed by atoms with E-state index in [9.17, 15) is 9.59 Å². The van der Waals surface area contributed by atoms with E-state index in [0.29, 0.717) is 17.8 Å². The first kappa shape index (κ1) is 13.8. The molecule has 1 atom stereocenters. The first-order valence-electron chi connectivity index (χ1n) is 6.76. The molecule has 2 aromatic rings. The van der Waals surface area contributed by atoms with Gasteiger partial charge in [-0.2, -0.15) is 10.4 Å². The van der Waals surface area contributed by atoms with Crippen molar-refractivity contribution in [2.75, 3.05) is 5.32 Å². The van der Waals surface area contributed by atoms with Gasteiger partial charge < -0.3 is 10.6 Å². The number of carbonyl (C=O) groups is 2. The molecule has 22 heavy (non-hydrogen) atoms. The van der Waals surface area contributed by atoms with Gasteiger partial charge in [-0.25, -0.2) is 0 Å². The quantitative estimate of drug-likeness (QED) is 0.867. The highest BCUT2D eigenvalue weighted by Gasteiger charge is 2.28. The van der Waals surface area contributed by atoms with Gasteiger partial charge in [-0.1, -0.05) is 6.07 Å². The van der Waals surface area contributed by atoms with Crippen LogP contribution in [0, 0.1) is 11.3 Å². The maximum absolute atomic E-state index is 12.3. The minimum atomic E-state index is -0.430. The Hall–Kier alpha value is -3.14. The number of nitriles is 1. The van der Waals surface area contributed by atoms with Gasteiger partial charge >= 0.3 is 0 Å². The first-order valence-corrected chi connectivity index (χ1v) is 6.76. The van der Waals surface area contributed by atoms with Crippen molar-refractivity contribution in [3.8, 4) is 6.07 Å². The molecule has 1 aromatic carbocycles. The standard InChI is InChI=1S/C15H13N5O2/c1-9-8-20-13(15(22)18-9)12(7-17-20)14(21)19-11-4-2-3-10(5-11)6-16/h2-5,7,9H,8H2,1H3,(H,18,22)(H,19,21)/t9-/m1/s1. The van der Waals surface area contributed by atoms with Gasteiger partial charge in [0, 0.05) is 11.7 Å². The number of hydrogen-bond donors (Lipinski definition) is 2. The van der Waals surface area contributed by atoms with Crippen LogP contribution in [0.2, 0.25) is 0 Å². The summed E-state index contributed by atoms with van der Waals surface area (Å²) in [7, 11) is 0. The second-order valence-electron chi connectivity index (χ2n) is 5.11. The molecule has 2 heterocycles. The van der Waals surface area contributed by atoms with E-state index in [0.717, 1.165) is 0 Å². The highest BCUT2D eigenvalue weighted by atomic mass is 16.2. The number of benzene rings is 1. The molecule has 0 bridgehead atoms.